The van der Waals surface area contributed by atoms with Crippen molar-refractivity contribution in [3.8, 4) is 0 Å². The minimum atomic E-state index is 0. The van der Waals surface area contributed by atoms with E-state index in [1.807, 2.05) is 30.3 Å². The lowest BCUT2D eigenvalue weighted by molar-refractivity contribution is 1.66. The summed E-state index contributed by atoms with van der Waals surface area (Å²) in [7, 11) is 0. The topological polar surface area (TPSA) is 0 Å². The first-order chi connectivity index (χ1) is 3.39. The van der Waals surface area contributed by atoms with E-state index in [0.29, 0.717) is 0 Å². The molecule has 0 aliphatic heterocycles. The molecule has 1 aromatic carbocycles. The zero-order valence-corrected chi connectivity index (χ0v) is 5.35. The highest BCUT2D eigenvalue weighted by Gasteiger charge is 1.74. The van der Waals surface area contributed by atoms with E-state index >= 15 is 0 Å². The average molecular weight is 236 g/mol. The van der Waals surface area contributed by atoms with Crippen LogP contribution in [-0.2, 0) is 0 Å². The van der Waals surface area contributed by atoms with Crippen molar-refractivity contribution in [2.75, 3.05) is 0 Å². The van der Waals surface area contributed by atoms with Gasteiger partial charge < -0.3 is 0 Å². The minimum Gasteiger partial charge on any atom is -0.0622 e. The highest BCUT2D eigenvalue weighted by Crippen LogP contribution is 2.05. The fourth-order valence-electron chi connectivity index (χ4n) is 0.415. The molecule has 0 aromatic heterocycles. The van der Waals surface area contributed by atoms with Gasteiger partial charge in [-0.25, -0.2) is 0 Å². The molecule has 0 unspecified atom stereocenters. The predicted molar refractivity (Wildman–Crippen MR) is 59.8 cm³/mol. The van der Waals surface area contributed by atoms with E-state index in [4.69, 9.17) is 0 Å². The largest absolute Gasteiger partial charge is 0.316 e. The first kappa shape index (κ1) is 17.9. The Hall–Kier alpha value is 2.00. The first-order valence-corrected chi connectivity index (χ1v) is 2.89. The van der Waals surface area contributed by atoms with E-state index in [9.17, 15) is 0 Å². The second kappa shape index (κ2) is 11.0. The molecule has 0 fully saturated rings. The molecule has 0 aliphatic carbocycles. The van der Waals surface area contributed by atoms with E-state index in [1.165, 1.54) is 0 Å². The first-order valence-electron chi connectivity index (χ1n) is 2.10. The van der Waals surface area contributed by atoms with Crippen molar-refractivity contribution in [1.29, 1.82) is 0 Å². The molecule has 0 saturated heterocycles. The molecule has 0 atom stereocenters. The van der Waals surface area contributed by atoms with Gasteiger partial charge in [0.1, 0.15) is 0 Å². The quantitative estimate of drug-likeness (QED) is 0.542. The van der Waals surface area contributed by atoms with Crippen LogP contribution < -0.4 is 0 Å². The molecule has 48 valence electrons. The maximum Gasteiger partial charge on any atom is 0.316 e. The van der Waals surface area contributed by atoms with Crippen LogP contribution in [0.25, 0.3) is 0 Å². The molecule has 0 aliphatic rings. The minimum absolute atomic E-state index is 0. The summed E-state index contributed by atoms with van der Waals surface area (Å²) in [4.78, 5) is 0. The second-order valence-corrected chi connectivity index (χ2v) is 2.21. The van der Waals surface area contributed by atoms with Crippen molar-refractivity contribution in [1.82, 2.24) is 0 Å². The van der Waals surface area contributed by atoms with E-state index in [0.717, 1.165) is 4.47 Å². The zero-order chi connectivity index (χ0) is 5.11. The number of rotatable bonds is 0. The Bertz CT molecular complexity index is 143. The highest BCUT2D eigenvalue weighted by atomic mass is 79.9. The smallest absolute Gasteiger partial charge is 0.0622 e. The molecule has 0 heterocycles. The van der Waals surface area contributed by atoms with Gasteiger partial charge in [-0.05, 0) is 12.1 Å². The van der Waals surface area contributed by atoms with E-state index in [1.54, 1.807) is 0 Å². The summed E-state index contributed by atoms with van der Waals surface area (Å²) >= 11 is 3.31. The lowest BCUT2D eigenvalue weighted by atomic mass is 10.4. The Morgan fingerprint density at radius 2 is 1.20 bits per heavy atom. The van der Waals surface area contributed by atoms with E-state index in [-0.39, 0.29) is 69.2 Å². The van der Waals surface area contributed by atoms with Crippen molar-refractivity contribution in [2.45, 2.75) is 0 Å². The third-order valence-electron chi connectivity index (χ3n) is 0.733. The summed E-state index contributed by atoms with van der Waals surface area (Å²) in [6.07, 6.45) is 0. The van der Waals surface area contributed by atoms with Crippen molar-refractivity contribution >= 4 is 85.1 Å². The number of hydrogen-bond donors (Lipinski definition) is 0. The van der Waals surface area contributed by atoms with Crippen molar-refractivity contribution in [2.24, 2.45) is 0 Å². The maximum absolute atomic E-state index is 3.31. The third kappa shape index (κ3) is 8.10. The molecule has 0 saturated carbocycles. The standard InChI is InChI=1S/C6H5Br.3Mg.6H/c7-6-4-2-1-3-5-6;;;;;;;;;/h1-5H;;;;;;;;;. The van der Waals surface area contributed by atoms with Gasteiger partial charge in [-0.15, -0.1) is 0 Å². The van der Waals surface area contributed by atoms with Crippen LogP contribution in [-0.4, -0.2) is 69.2 Å². The molecule has 0 N–H and O–H groups in total. The van der Waals surface area contributed by atoms with Crippen LogP contribution in [0.4, 0.5) is 0 Å². The van der Waals surface area contributed by atoms with Crippen molar-refractivity contribution in [3.05, 3.63) is 34.8 Å². The summed E-state index contributed by atoms with van der Waals surface area (Å²) in [5, 5.41) is 0. The molecule has 0 spiro atoms. The molecular weight excluding hydrogens is 225 g/mol. The second-order valence-electron chi connectivity index (χ2n) is 1.30. The fraction of sp³-hybridized carbons (Fsp3) is 0. The predicted octanol–water partition coefficient (Wildman–Crippen LogP) is -0.300. The summed E-state index contributed by atoms with van der Waals surface area (Å²) in [5.74, 6) is 0. The normalized spacial score (nSPS) is 6.10. The number of hydrogen-bond acceptors (Lipinski definition) is 0. The Morgan fingerprint density at radius 3 is 1.40 bits per heavy atom. The van der Waals surface area contributed by atoms with Crippen LogP contribution in [0.5, 0.6) is 0 Å². The lowest BCUT2D eigenvalue weighted by Gasteiger charge is -1.80. The van der Waals surface area contributed by atoms with Crippen LogP contribution >= 0.6 is 15.9 Å². The van der Waals surface area contributed by atoms with Crippen molar-refractivity contribution < 1.29 is 0 Å². The molecular formula is C6H11BrMg3. The van der Waals surface area contributed by atoms with Crippen LogP contribution in [0.2, 0.25) is 0 Å². The van der Waals surface area contributed by atoms with Gasteiger partial charge in [0.2, 0.25) is 0 Å². The molecule has 4 heteroatoms. The lowest BCUT2D eigenvalue weighted by Crippen LogP contribution is -1.55. The Morgan fingerprint density at radius 1 is 0.800 bits per heavy atom. The van der Waals surface area contributed by atoms with Gasteiger partial charge in [0.25, 0.3) is 0 Å². The molecule has 0 amide bonds. The summed E-state index contributed by atoms with van der Waals surface area (Å²) < 4.78 is 1.13. The van der Waals surface area contributed by atoms with Gasteiger partial charge in [-0.2, -0.15) is 0 Å². The molecule has 0 radical (unpaired) electrons. The van der Waals surface area contributed by atoms with Crippen molar-refractivity contribution in [3.63, 3.8) is 0 Å². The Kier molecular flexibility index (Phi) is 19.7. The van der Waals surface area contributed by atoms with Gasteiger partial charge in [-0.1, -0.05) is 34.1 Å². The molecule has 10 heavy (non-hydrogen) atoms. The van der Waals surface area contributed by atoms with Gasteiger partial charge >= 0.3 is 69.2 Å². The summed E-state index contributed by atoms with van der Waals surface area (Å²) in [5.41, 5.74) is 0. The monoisotopic (exact) mass is 234 g/mol. The summed E-state index contributed by atoms with van der Waals surface area (Å²) in [6, 6.07) is 9.97. The molecule has 0 nitrogen and oxygen atoms in total. The van der Waals surface area contributed by atoms with Gasteiger partial charge in [0, 0.05) is 4.47 Å². The van der Waals surface area contributed by atoms with Gasteiger partial charge in [0.15, 0.2) is 0 Å². The van der Waals surface area contributed by atoms with Crippen LogP contribution in [0.3, 0.4) is 0 Å². The zero-order valence-electron chi connectivity index (χ0n) is 3.76. The highest BCUT2D eigenvalue weighted by molar-refractivity contribution is 9.10. The SMILES string of the molecule is Brc1ccccc1.[MgH2].[MgH2].[MgH2]. The van der Waals surface area contributed by atoms with E-state index < -0.39 is 0 Å². The fourth-order valence-corrected chi connectivity index (χ4v) is 0.720. The Labute approximate surface area is 118 Å². The molecule has 1 aromatic rings. The van der Waals surface area contributed by atoms with Gasteiger partial charge in [-0.3, -0.25) is 0 Å². The molecule has 0 bridgehead atoms. The van der Waals surface area contributed by atoms with Crippen LogP contribution in [0.1, 0.15) is 0 Å². The van der Waals surface area contributed by atoms with Gasteiger partial charge in [0.05, 0.1) is 0 Å². The van der Waals surface area contributed by atoms with Crippen LogP contribution in [0, 0.1) is 0 Å². The molecule has 1 rings (SSSR count). The third-order valence-corrected chi connectivity index (χ3v) is 1.26. The van der Waals surface area contributed by atoms with E-state index in [2.05, 4.69) is 15.9 Å². The Balaban J connectivity index is -0.000000163. The average Bonchev–Trinajstić information content (AvgIpc) is 1.69. The number of benzene rings is 1. The number of halogens is 1. The maximum atomic E-state index is 3.31. The van der Waals surface area contributed by atoms with Crippen LogP contribution in [0.15, 0.2) is 34.8 Å². The summed E-state index contributed by atoms with van der Waals surface area (Å²) in [6.45, 7) is 0.